The van der Waals surface area contributed by atoms with E-state index in [1.807, 2.05) is 12.1 Å². The molecule has 1 heterocycles. The number of aromatic nitrogens is 1. The zero-order chi connectivity index (χ0) is 16.7. The summed E-state index contributed by atoms with van der Waals surface area (Å²) in [6, 6.07) is 11.9. The summed E-state index contributed by atoms with van der Waals surface area (Å²) < 4.78 is 13.6. The zero-order valence-corrected chi connectivity index (χ0v) is 13.1. The fraction of sp³-hybridized carbons (Fsp3) is 0.211. The second kappa shape index (κ2) is 5.67. The van der Waals surface area contributed by atoms with Crippen LogP contribution in [0.25, 0.3) is 10.9 Å². The number of hydrogen-bond donors (Lipinski definition) is 3. The van der Waals surface area contributed by atoms with Crippen LogP contribution in [0.1, 0.15) is 17.7 Å². The Morgan fingerprint density at radius 1 is 1.25 bits per heavy atom. The summed E-state index contributed by atoms with van der Waals surface area (Å²) in [6.07, 6.45) is 2.18. The molecule has 0 saturated heterocycles. The standard InChI is InChI=1S/C19H18FN3O/c20-12-5-7-18-16(9-12)15-8-11(4-6-17(15)23-18)19(24)22-14-3-1-2-13(21)10-14/h1-3,5,7,9-11,23H,4,6,8,21H2,(H,22,24). The second-order valence-corrected chi connectivity index (χ2v) is 6.33. The molecular formula is C19H18FN3O. The summed E-state index contributed by atoms with van der Waals surface area (Å²) in [4.78, 5) is 15.9. The summed E-state index contributed by atoms with van der Waals surface area (Å²) in [5.74, 6) is -0.395. The second-order valence-electron chi connectivity index (χ2n) is 6.33. The van der Waals surface area contributed by atoms with Crippen molar-refractivity contribution in [2.24, 2.45) is 5.92 Å². The van der Waals surface area contributed by atoms with Gasteiger partial charge in [0, 0.05) is 33.9 Å². The van der Waals surface area contributed by atoms with E-state index in [1.165, 1.54) is 6.07 Å². The average molecular weight is 323 g/mol. The first-order valence-electron chi connectivity index (χ1n) is 8.05. The summed E-state index contributed by atoms with van der Waals surface area (Å²) >= 11 is 0. The van der Waals surface area contributed by atoms with E-state index in [-0.39, 0.29) is 17.6 Å². The highest BCUT2D eigenvalue weighted by atomic mass is 19.1. The lowest BCUT2D eigenvalue weighted by Crippen LogP contribution is -2.28. The number of rotatable bonds is 2. The molecule has 0 bridgehead atoms. The van der Waals surface area contributed by atoms with Gasteiger partial charge in [0.05, 0.1) is 0 Å². The van der Waals surface area contributed by atoms with E-state index < -0.39 is 0 Å². The molecule has 1 unspecified atom stereocenters. The van der Waals surface area contributed by atoms with Crippen LogP contribution in [0.15, 0.2) is 42.5 Å². The first kappa shape index (κ1) is 14.8. The molecule has 0 fully saturated rings. The van der Waals surface area contributed by atoms with Crippen LogP contribution in [0.5, 0.6) is 0 Å². The zero-order valence-electron chi connectivity index (χ0n) is 13.1. The van der Waals surface area contributed by atoms with E-state index in [4.69, 9.17) is 5.73 Å². The Morgan fingerprint density at radius 2 is 2.12 bits per heavy atom. The third kappa shape index (κ3) is 2.62. The van der Waals surface area contributed by atoms with Crippen LogP contribution < -0.4 is 11.1 Å². The number of aromatic amines is 1. The molecule has 4 rings (SSSR count). The van der Waals surface area contributed by atoms with Gasteiger partial charge in [-0.05, 0) is 61.2 Å². The molecule has 4 nitrogen and oxygen atoms in total. The van der Waals surface area contributed by atoms with Crippen LogP contribution in [0.2, 0.25) is 0 Å². The molecular weight excluding hydrogens is 305 g/mol. The first-order valence-corrected chi connectivity index (χ1v) is 8.05. The molecule has 0 radical (unpaired) electrons. The third-order valence-corrected chi connectivity index (χ3v) is 4.67. The van der Waals surface area contributed by atoms with Crippen molar-refractivity contribution in [3.8, 4) is 0 Å². The van der Waals surface area contributed by atoms with Crippen molar-refractivity contribution in [3.05, 3.63) is 59.5 Å². The van der Waals surface area contributed by atoms with Crippen molar-refractivity contribution in [1.82, 2.24) is 4.98 Å². The lowest BCUT2D eigenvalue weighted by Gasteiger charge is -2.22. The summed E-state index contributed by atoms with van der Waals surface area (Å²) in [5.41, 5.74) is 10.2. The quantitative estimate of drug-likeness (QED) is 0.630. The lowest BCUT2D eigenvalue weighted by molar-refractivity contribution is -0.120. The van der Waals surface area contributed by atoms with Gasteiger partial charge in [0.1, 0.15) is 5.82 Å². The van der Waals surface area contributed by atoms with E-state index in [0.717, 1.165) is 35.0 Å². The van der Waals surface area contributed by atoms with E-state index >= 15 is 0 Å². The van der Waals surface area contributed by atoms with Gasteiger partial charge in [-0.25, -0.2) is 4.39 Å². The smallest absolute Gasteiger partial charge is 0.227 e. The number of carbonyl (C=O) groups excluding carboxylic acids is 1. The van der Waals surface area contributed by atoms with Gasteiger partial charge >= 0.3 is 0 Å². The van der Waals surface area contributed by atoms with Crippen molar-refractivity contribution in [3.63, 3.8) is 0 Å². The molecule has 1 atom stereocenters. The predicted octanol–water partition coefficient (Wildman–Crippen LogP) is 3.63. The number of carbonyl (C=O) groups is 1. The maximum Gasteiger partial charge on any atom is 0.227 e. The van der Waals surface area contributed by atoms with Crippen LogP contribution in [0.3, 0.4) is 0 Å². The van der Waals surface area contributed by atoms with Crippen LogP contribution >= 0.6 is 0 Å². The topological polar surface area (TPSA) is 70.9 Å². The minimum absolute atomic E-state index is 0.0167. The van der Waals surface area contributed by atoms with Gasteiger partial charge in [0.15, 0.2) is 0 Å². The number of nitrogen functional groups attached to an aromatic ring is 1. The molecule has 0 saturated carbocycles. The number of benzene rings is 2. The minimum atomic E-state index is -0.254. The lowest BCUT2D eigenvalue weighted by atomic mass is 9.85. The van der Waals surface area contributed by atoms with Crippen LogP contribution in [-0.2, 0) is 17.6 Å². The Bertz CT molecular complexity index is 932. The number of hydrogen-bond acceptors (Lipinski definition) is 2. The van der Waals surface area contributed by atoms with Gasteiger partial charge in [0.25, 0.3) is 0 Å². The largest absolute Gasteiger partial charge is 0.399 e. The Balaban J connectivity index is 1.58. The summed E-state index contributed by atoms with van der Waals surface area (Å²) in [6.45, 7) is 0. The Labute approximate surface area is 138 Å². The van der Waals surface area contributed by atoms with Crippen molar-refractivity contribution in [2.45, 2.75) is 19.3 Å². The number of amides is 1. The van der Waals surface area contributed by atoms with E-state index in [2.05, 4.69) is 10.3 Å². The number of halogens is 1. The fourth-order valence-corrected chi connectivity index (χ4v) is 3.47. The van der Waals surface area contributed by atoms with Crippen LogP contribution in [-0.4, -0.2) is 10.9 Å². The molecule has 1 amide bonds. The van der Waals surface area contributed by atoms with Crippen molar-refractivity contribution in [2.75, 3.05) is 11.1 Å². The number of aryl methyl sites for hydroxylation is 1. The number of nitrogens with two attached hydrogens (primary N) is 1. The average Bonchev–Trinajstić information content (AvgIpc) is 2.92. The maximum absolute atomic E-state index is 13.6. The first-order chi connectivity index (χ1) is 11.6. The number of anilines is 2. The fourth-order valence-electron chi connectivity index (χ4n) is 3.47. The summed E-state index contributed by atoms with van der Waals surface area (Å²) in [7, 11) is 0. The van der Waals surface area contributed by atoms with Gasteiger partial charge in [-0.15, -0.1) is 0 Å². The SMILES string of the molecule is Nc1cccc(NC(=O)C2CCc3[nH]c4ccc(F)cc4c3C2)c1. The molecule has 5 heteroatoms. The summed E-state index contributed by atoms with van der Waals surface area (Å²) in [5, 5.41) is 3.81. The van der Waals surface area contributed by atoms with Crippen LogP contribution in [0, 0.1) is 11.7 Å². The molecule has 1 aliphatic rings. The van der Waals surface area contributed by atoms with Gasteiger partial charge in [-0.2, -0.15) is 0 Å². The van der Waals surface area contributed by atoms with Gasteiger partial charge in [-0.3, -0.25) is 4.79 Å². The highest BCUT2D eigenvalue weighted by molar-refractivity contribution is 5.94. The van der Waals surface area contributed by atoms with Crippen molar-refractivity contribution >= 4 is 28.2 Å². The van der Waals surface area contributed by atoms with Crippen LogP contribution in [0.4, 0.5) is 15.8 Å². The maximum atomic E-state index is 13.6. The molecule has 4 N–H and O–H groups in total. The third-order valence-electron chi connectivity index (χ3n) is 4.67. The minimum Gasteiger partial charge on any atom is -0.399 e. The van der Waals surface area contributed by atoms with Gasteiger partial charge in [-0.1, -0.05) is 6.07 Å². The van der Waals surface area contributed by atoms with E-state index in [0.29, 0.717) is 17.8 Å². The monoisotopic (exact) mass is 323 g/mol. The highest BCUT2D eigenvalue weighted by Crippen LogP contribution is 2.32. The molecule has 2 aromatic carbocycles. The normalized spacial score (nSPS) is 16.8. The number of H-pyrrole nitrogens is 1. The molecule has 1 aromatic heterocycles. The number of fused-ring (bicyclic) bond motifs is 3. The predicted molar refractivity (Wildman–Crippen MR) is 93.3 cm³/mol. The van der Waals surface area contributed by atoms with Gasteiger partial charge < -0.3 is 16.0 Å². The van der Waals surface area contributed by atoms with Gasteiger partial charge in [0.2, 0.25) is 5.91 Å². The highest BCUT2D eigenvalue weighted by Gasteiger charge is 2.27. The molecule has 3 aromatic rings. The Morgan fingerprint density at radius 3 is 2.96 bits per heavy atom. The van der Waals surface area contributed by atoms with E-state index in [9.17, 15) is 9.18 Å². The molecule has 0 spiro atoms. The molecule has 24 heavy (non-hydrogen) atoms. The molecule has 0 aliphatic heterocycles. The Kier molecular flexibility index (Phi) is 3.49. The number of nitrogens with one attached hydrogen (secondary N) is 2. The van der Waals surface area contributed by atoms with Crippen molar-refractivity contribution < 1.29 is 9.18 Å². The van der Waals surface area contributed by atoms with E-state index in [1.54, 1.807) is 24.3 Å². The molecule has 1 aliphatic carbocycles. The molecule has 122 valence electrons. The van der Waals surface area contributed by atoms with Crippen molar-refractivity contribution in [1.29, 1.82) is 0 Å². The Hall–Kier alpha value is -2.82.